The summed E-state index contributed by atoms with van der Waals surface area (Å²) in [6, 6.07) is 0. The number of carbonyl (C=O) groups is 2. The molecule has 0 radical (unpaired) electrons. The Bertz CT molecular complexity index is 794. The molecule has 0 bridgehead atoms. The molecule has 0 aromatic rings. The predicted octanol–water partition coefficient (Wildman–Crippen LogP) is -1.78. The van der Waals surface area contributed by atoms with E-state index in [0.29, 0.717) is 0 Å². The van der Waals surface area contributed by atoms with Gasteiger partial charge in [-0.3, -0.25) is 0 Å². The topological polar surface area (TPSA) is 233 Å². The predicted molar refractivity (Wildman–Crippen MR) is 88.9 cm³/mol. The molecule has 0 spiro atoms. The Hall–Kier alpha value is -2.62. The van der Waals surface area contributed by atoms with E-state index in [0.717, 1.165) is 0 Å². The maximum absolute atomic E-state index is 11.5. The molecule has 0 amide bonds. The first-order valence-electron chi connectivity index (χ1n) is 8.36. The van der Waals surface area contributed by atoms with Crippen LogP contribution < -0.4 is 0 Å². The highest BCUT2D eigenvalue weighted by molar-refractivity contribution is 5.89. The fraction of sp³-hybridized carbons (Fsp3) is 0.625. The van der Waals surface area contributed by atoms with Gasteiger partial charge >= 0.3 is 11.9 Å². The summed E-state index contributed by atoms with van der Waals surface area (Å²) >= 11 is 0. The minimum absolute atomic E-state index is 1.24. The highest BCUT2D eigenvalue weighted by Gasteiger charge is 2.60. The van der Waals surface area contributed by atoms with E-state index in [4.69, 9.17) is 0 Å². The van der Waals surface area contributed by atoms with Crippen molar-refractivity contribution in [3.05, 3.63) is 23.0 Å². The van der Waals surface area contributed by atoms with E-state index in [2.05, 4.69) is 19.2 Å². The Morgan fingerprint density at radius 2 is 1.33 bits per heavy atom. The number of hydrogen-bond donors (Lipinski definition) is 8. The van der Waals surface area contributed by atoms with Crippen LogP contribution >= 0.6 is 0 Å². The van der Waals surface area contributed by atoms with Gasteiger partial charge in [0.1, 0.15) is 12.7 Å². The third-order valence-electron chi connectivity index (χ3n) is 4.36. The fourth-order valence-corrected chi connectivity index (χ4v) is 2.63. The number of aliphatic hydroxyl groups excluding tert-OH is 6. The summed E-state index contributed by atoms with van der Waals surface area (Å²) in [4.78, 5) is 32.0. The molecule has 0 aliphatic carbocycles. The van der Waals surface area contributed by atoms with Gasteiger partial charge in [0.15, 0.2) is 11.5 Å². The molecule has 14 nitrogen and oxygen atoms in total. The quantitative estimate of drug-likeness (QED) is 0.0950. The van der Waals surface area contributed by atoms with Crippen LogP contribution in [0.15, 0.2) is 23.0 Å². The van der Waals surface area contributed by atoms with Crippen molar-refractivity contribution in [2.45, 2.75) is 50.7 Å². The molecule has 14 heteroatoms. The molecule has 170 valence electrons. The van der Waals surface area contributed by atoms with E-state index in [1.807, 2.05) is 0 Å². The van der Waals surface area contributed by atoms with E-state index in [9.17, 15) is 50.4 Å². The largest absolute Gasteiger partial charge is 0.505 e. The van der Waals surface area contributed by atoms with E-state index in [1.54, 1.807) is 0 Å². The van der Waals surface area contributed by atoms with Gasteiger partial charge < -0.3 is 50.3 Å². The smallest absolute Gasteiger partial charge is 0.378 e. The van der Waals surface area contributed by atoms with Crippen LogP contribution in [0.1, 0.15) is 20.8 Å². The van der Waals surface area contributed by atoms with Crippen molar-refractivity contribution in [3.63, 3.8) is 0 Å². The lowest BCUT2D eigenvalue weighted by atomic mass is 9.81. The average Bonchev–Trinajstić information content (AvgIpc) is 3.09. The standard InChI is InChI=1S/C16H22O14/c1-14(2,3)13(24)16(26,10-6(19)8(21)12(23)28-10)30-29-15(25,4-17)9-5(18)7(20)11(22)27-9/h9-10,13,17-21,24-26H,4H2,1-3H3/t9-,10-,13?,15+,16-/m0/s1. The third-order valence-corrected chi connectivity index (χ3v) is 4.36. The van der Waals surface area contributed by atoms with E-state index in [-0.39, 0.29) is 0 Å². The average molecular weight is 438 g/mol. The van der Waals surface area contributed by atoms with Crippen molar-refractivity contribution in [2.75, 3.05) is 6.61 Å². The number of hydrogen-bond acceptors (Lipinski definition) is 14. The molecule has 0 aromatic heterocycles. The van der Waals surface area contributed by atoms with E-state index in [1.165, 1.54) is 20.8 Å². The van der Waals surface area contributed by atoms with Crippen LogP contribution in [-0.2, 0) is 28.8 Å². The minimum Gasteiger partial charge on any atom is -0.505 e. The van der Waals surface area contributed by atoms with Crippen LogP contribution in [0.2, 0.25) is 0 Å². The number of carbonyl (C=O) groups excluding carboxylic acids is 2. The first kappa shape index (κ1) is 23.7. The Morgan fingerprint density at radius 3 is 1.67 bits per heavy atom. The van der Waals surface area contributed by atoms with Gasteiger partial charge in [0.05, 0.1) is 0 Å². The van der Waals surface area contributed by atoms with E-state index < -0.39 is 76.9 Å². The van der Waals surface area contributed by atoms with Crippen LogP contribution in [0, 0.1) is 5.41 Å². The second-order valence-corrected chi connectivity index (χ2v) is 7.73. The summed E-state index contributed by atoms with van der Waals surface area (Å²) in [5.41, 5.74) is -1.26. The van der Waals surface area contributed by atoms with Gasteiger partial charge in [-0.05, 0) is 5.41 Å². The van der Waals surface area contributed by atoms with Gasteiger partial charge in [-0.15, -0.1) is 0 Å². The zero-order valence-electron chi connectivity index (χ0n) is 16.0. The van der Waals surface area contributed by atoms with Gasteiger partial charge in [0, 0.05) is 0 Å². The molecule has 2 heterocycles. The third kappa shape index (κ3) is 3.76. The van der Waals surface area contributed by atoms with Crippen molar-refractivity contribution in [2.24, 2.45) is 5.41 Å². The van der Waals surface area contributed by atoms with Gasteiger partial charge in [-0.25, -0.2) is 9.59 Å². The van der Waals surface area contributed by atoms with Crippen LogP contribution in [-0.4, -0.2) is 89.3 Å². The van der Waals surface area contributed by atoms with E-state index >= 15 is 0 Å². The molecular formula is C16H22O14. The molecule has 0 saturated heterocycles. The molecule has 2 aliphatic heterocycles. The Morgan fingerprint density at radius 1 is 0.900 bits per heavy atom. The zero-order valence-corrected chi connectivity index (χ0v) is 16.0. The monoisotopic (exact) mass is 438 g/mol. The van der Waals surface area contributed by atoms with Crippen LogP contribution in [0.3, 0.4) is 0 Å². The van der Waals surface area contributed by atoms with Crippen molar-refractivity contribution in [1.82, 2.24) is 0 Å². The number of aliphatic hydroxyl groups is 8. The first-order valence-corrected chi connectivity index (χ1v) is 8.36. The molecule has 30 heavy (non-hydrogen) atoms. The molecule has 0 fully saturated rings. The highest BCUT2D eigenvalue weighted by Crippen LogP contribution is 2.39. The van der Waals surface area contributed by atoms with Crippen molar-refractivity contribution in [3.8, 4) is 0 Å². The summed E-state index contributed by atoms with van der Waals surface area (Å²) in [7, 11) is 0. The summed E-state index contributed by atoms with van der Waals surface area (Å²) in [5, 5.41) is 79.7. The maximum atomic E-state index is 11.5. The molecule has 5 atom stereocenters. The molecule has 1 unspecified atom stereocenters. The van der Waals surface area contributed by atoms with Gasteiger partial charge in [-0.2, -0.15) is 9.78 Å². The summed E-state index contributed by atoms with van der Waals surface area (Å²) < 4.78 is 9.05. The number of rotatable bonds is 7. The number of esters is 2. The van der Waals surface area contributed by atoms with Crippen LogP contribution in [0.25, 0.3) is 0 Å². The summed E-state index contributed by atoms with van der Waals surface area (Å²) in [6.45, 7) is 2.69. The van der Waals surface area contributed by atoms with Crippen molar-refractivity contribution >= 4 is 11.9 Å². The molecule has 0 aromatic carbocycles. The van der Waals surface area contributed by atoms with Gasteiger partial charge in [0.2, 0.25) is 23.7 Å². The lowest BCUT2D eigenvalue weighted by molar-refractivity contribution is -0.528. The summed E-state index contributed by atoms with van der Waals surface area (Å²) in [5.74, 6) is -14.4. The normalized spacial score (nSPS) is 27.6. The zero-order chi connectivity index (χ0) is 23.2. The minimum atomic E-state index is -3.21. The van der Waals surface area contributed by atoms with Crippen molar-refractivity contribution in [1.29, 1.82) is 0 Å². The Balaban J connectivity index is 2.40. The fourth-order valence-electron chi connectivity index (χ4n) is 2.63. The van der Waals surface area contributed by atoms with Crippen LogP contribution in [0.4, 0.5) is 0 Å². The van der Waals surface area contributed by atoms with Crippen molar-refractivity contribution < 1.29 is 69.7 Å². The first-order chi connectivity index (χ1) is 13.6. The second-order valence-electron chi connectivity index (χ2n) is 7.73. The Labute approximate surface area is 168 Å². The SMILES string of the molecule is CC(C)(C)C(O)[C@@](O)(OO[C@](O)(CO)[C@H]1OC(=O)C(O)=C1O)[C@H]1OC(=O)C(O)=C1O. The van der Waals surface area contributed by atoms with Crippen LogP contribution in [0.5, 0.6) is 0 Å². The second kappa shape index (κ2) is 7.57. The molecule has 0 saturated carbocycles. The molecule has 2 rings (SSSR count). The number of cyclic esters (lactones) is 2. The summed E-state index contributed by atoms with van der Waals surface area (Å²) in [6.07, 6.45) is -6.54. The van der Waals surface area contributed by atoms with Gasteiger partial charge in [0.25, 0.3) is 11.6 Å². The number of ether oxygens (including phenoxy) is 2. The molecule has 8 N–H and O–H groups in total. The highest BCUT2D eigenvalue weighted by atomic mass is 17.3. The van der Waals surface area contributed by atoms with Gasteiger partial charge in [-0.1, -0.05) is 20.8 Å². The maximum Gasteiger partial charge on any atom is 0.378 e. The lowest BCUT2D eigenvalue weighted by Gasteiger charge is -2.42. The lowest BCUT2D eigenvalue weighted by Crippen LogP contribution is -2.61. The molecule has 2 aliphatic rings. The Kier molecular flexibility index (Phi) is 5.97. The molecular weight excluding hydrogens is 416 g/mol.